The van der Waals surface area contributed by atoms with Crippen LogP contribution >= 0.6 is 0 Å². The summed E-state index contributed by atoms with van der Waals surface area (Å²) in [6.45, 7) is 4.31. The van der Waals surface area contributed by atoms with Gasteiger partial charge < -0.3 is 5.73 Å². The Labute approximate surface area is 158 Å². The van der Waals surface area contributed by atoms with Crippen LogP contribution in [0, 0.1) is 16.7 Å². The van der Waals surface area contributed by atoms with Gasteiger partial charge in [-0.05, 0) is 47.6 Å². The fourth-order valence-corrected chi connectivity index (χ4v) is 4.29. The van der Waals surface area contributed by atoms with Crippen molar-refractivity contribution in [3.63, 3.8) is 0 Å². The normalized spacial score (nSPS) is 23.1. The van der Waals surface area contributed by atoms with Crippen molar-refractivity contribution >= 4 is 11.9 Å². The fourth-order valence-electron chi connectivity index (χ4n) is 4.29. The van der Waals surface area contributed by atoms with Gasteiger partial charge in [-0.25, -0.2) is 4.99 Å². The largest absolute Gasteiger partial charge is 0.369 e. The number of guanidine groups is 1. The van der Waals surface area contributed by atoms with Crippen LogP contribution in [0.2, 0.25) is 0 Å². The number of carbonyl (C=O) groups excluding carboxylic acids is 1. The molecule has 136 valence electrons. The number of nitrogens with two attached hydrogens (primary N) is 1. The Morgan fingerprint density at radius 2 is 2.04 bits per heavy atom. The minimum absolute atomic E-state index is 0.0713. The van der Waals surface area contributed by atoms with Gasteiger partial charge in [0, 0.05) is 18.8 Å². The maximum absolute atomic E-state index is 13.2. The number of aliphatic imine (C=N–C) groups is 1. The molecule has 2 aliphatic rings. The van der Waals surface area contributed by atoms with Crippen LogP contribution in [0.5, 0.6) is 0 Å². The molecule has 27 heavy (non-hydrogen) atoms. The van der Waals surface area contributed by atoms with Crippen LogP contribution in [0.3, 0.4) is 0 Å². The molecule has 1 aliphatic heterocycles. The first-order chi connectivity index (χ1) is 12.8. The zero-order valence-electron chi connectivity index (χ0n) is 15.7. The second kappa shape index (κ2) is 5.65. The molecule has 2 N–H and O–H groups in total. The van der Waals surface area contributed by atoms with E-state index in [1.165, 1.54) is 4.90 Å². The predicted molar refractivity (Wildman–Crippen MR) is 103 cm³/mol. The lowest BCUT2D eigenvalue weighted by molar-refractivity contribution is -0.132. The van der Waals surface area contributed by atoms with Crippen molar-refractivity contribution in [2.24, 2.45) is 16.1 Å². The van der Waals surface area contributed by atoms with Gasteiger partial charge in [-0.15, -0.1) is 0 Å². The molecule has 4 rings (SSSR count). The van der Waals surface area contributed by atoms with E-state index in [9.17, 15) is 4.79 Å². The Bertz CT molecular complexity index is 1030. The molecule has 1 atom stereocenters. The van der Waals surface area contributed by atoms with Crippen molar-refractivity contribution in [3.05, 3.63) is 53.2 Å². The summed E-state index contributed by atoms with van der Waals surface area (Å²) in [5.41, 5.74) is 9.06. The number of aromatic nitrogens is 1. The minimum atomic E-state index is -0.987. The lowest BCUT2D eigenvalue weighted by Crippen LogP contribution is -2.46. The van der Waals surface area contributed by atoms with E-state index in [2.05, 4.69) is 29.9 Å². The summed E-state index contributed by atoms with van der Waals surface area (Å²) < 4.78 is 0. The molecule has 0 fully saturated rings. The molecule has 6 heteroatoms. The second-order valence-electron chi connectivity index (χ2n) is 8.13. The number of pyridine rings is 1. The van der Waals surface area contributed by atoms with E-state index in [4.69, 9.17) is 11.0 Å². The highest BCUT2D eigenvalue weighted by molar-refractivity contribution is 6.07. The monoisotopic (exact) mass is 359 g/mol. The van der Waals surface area contributed by atoms with E-state index in [1.807, 2.05) is 18.2 Å². The van der Waals surface area contributed by atoms with Crippen LogP contribution in [0.25, 0.3) is 11.3 Å². The smallest absolute Gasteiger partial charge is 0.261 e. The highest BCUT2D eigenvalue weighted by Crippen LogP contribution is 2.50. The molecule has 0 radical (unpaired) electrons. The number of nitrogens with zero attached hydrogens (tertiary/aromatic N) is 4. The Kier molecular flexibility index (Phi) is 3.60. The first kappa shape index (κ1) is 17.2. The molecule has 6 nitrogen and oxygen atoms in total. The zero-order valence-corrected chi connectivity index (χ0v) is 15.7. The molecule has 1 amide bonds. The average molecular weight is 359 g/mol. The van der Waals surface area contributed by atoms with Crippen LogP contribution < -0.4 is 5.73 Å². The summed E-state index contributed by atoms with van der Waals surface area (Å²) in [6, 6.07) is 11.6. The predicted octanol–water partition coefficient (Wildman–Crippen LogP) is 2.57. The van der Waals surface area contributed by atoms with Gasteiger partial charge in [-0.2, -0.15) is 5.26 Å². The van der Waals surface area contributed by atoms with Gasteiger partial charge in [0.25, 0.3) is 5.91 Å². The molecule has 1 spiro atoms. The summed E-state index contributed by atoms with van der Waals surface area (Å²) in [7, 11) is 1.67. The number of amides is 1. The molecule has 0 saturated carbocycles. The average Bonchev–Trinajstić information content (AvgIpc) is 2.85. The molecular weight excluding hydrogens is 338 g/mol. The van der Waals surface area contributed by atoms with Crippen molar-refractivity contribution < 1.29 is 4.79 Å². The summed E-state index contributed by atoms with van der Waals surface area (Å²) >= 11 is 0. The second-order valence-corrected chi connectivity index (χ2v) is 8.13. The third-order valence-corrected chi connectivity index (χ3v) is 5.45. The van der Waals surface area contributed by atoms with Gasteiger partial charge in [0.15, 0.2) is 11.5 Å². The fraction of sp³-hybridized carbons (Fsp3) is 0.333. The van der Waals surface area contributed by atoms with Gasteiger partial charge in [0.05, 0.1) is 17.3 Å². The molecule has 1 unspecified atom stereocenters. The SMILES string of the molecule is CN1C(=O)C2(CC(C)(C)Cc3ccc(-c4cc(C#N)ccn4)cc32)N=C1N. The number of fused-ring (bicyclic) bond motifs is 2. The first-order valence-corrected chi connectivity index (χ1v) is 8.89. The first-order valence-electron chi connectivity index (χ1n) is 8.89. The molecule has 1 aromatic heterocycles. The van der Waals surface area contributed by atoms with Crippen molar-refractivity contribution in [2.75, 3.05) is 7.05 Å². The highest BCUT2D eigenvalue weighted by atomic mass is 16.2. The Balaban J connectivity index is 1.92. The van der Waals surface area contributed by atoms with Crippen molar-refractivity contribution in [3.8, 4) is 17.3 Å². The maximum atomic E-state index is 13.2. The van der Waals surface area contributed by atoms with Crippen molar-refractivity contribution in [2.45, 2.75) is 32.2 Å². The quantitative estimate of drug-likeness (QED) is 0.846. The third kappa shape index (κ3) is 2.58. The zero-order chi connectivity index (χ0) is 19.4. The van der Waals surface area contributed by atoms with E-state index < -0.39 is 5.54 Å². The number of rotatable bonds is 1. The summed E-state index contributed by atoms with van der Waals surface area (Å²) in [5, 5.41) is 9.16. The van der Waals surface area contributed by atoms with Crippen molar-refractivity contribution in [1.82, 2.24) is 9.88 Å². The number of carbonyl (C=O) groups is 1. The molecule has 2 aromatic rings. The molecule has 0 bridgehead atoms. The molecule has 0 saturated heterocycles. The van der Waals surface area contributed by atoms with Gasteiger partial charge in [0.2, 0.25) is 0 Å². The van der Waals surface area contributed by atoms with Gasteiger partial charge in [-0.1, -0.05) is 26.0 Å². The van der Waals surface area contributed by atoms with Gasteiger partial charge in [-0.3, -0.25) is 14.7 Å². The Morgan fingerprint density at radius 3 is 2.70 bits per heavy atom. The summed E-state index contributed by atoms with van der Waals surface area (Å²) in [5.74, 6) is 0.156. The molecule has 1 aromatic carbocycles. The van der Waals surface area contributed by atoms with E-state index >= 15 is 0 Å². The van der Waals surface area contributed by atoms with Gasteiger partial charge in [0.1, 0.15) is 0 Å². The molecular formula is C21H21N5O. The van der Waals surface area contributed by atoms with Crippen LogP contribution in [0.4, 0.5) is 0 Å². The van der Waals surface area contributed by atoms with E-state index in [1.54, 1.807) is 25.4 Å². The topological polar surface area (TPSA) is 95.4 Å². The summed E-state index contributed by atoms with van der Waals surface area (Å²) in [6.07, 6.45) is 3.09. The van der Waals surface area contributed by atoms with E-state index in [0.717, 1.165) is 23.1 Å². The van der Waals surface area contributed by atoms with Crippen molar-refractivity contribution in [1.29, 1.82) is 5.26 Å². The van der Waals surface area contributed by atoms with Gasteiger partial charge >= 0.3 is 0 Å². The molecule has 2 heterocycles. The number of nitriles is 1. The molecule has 1 aliphatic carbocycles. The standard InChI is InChI=1S/C21H21N5O/c1-20(2)10-15-5-4-14(17-8-13(11-22)6-7-24-17)9-16(15)21(12-20)18(27)26(3)19(23)25-21/h4-9H,10,12H2,1-3H3,(H2,23,25). The summed E-state index contributed by atoms with van der Waals surface area (Å²) in [4.78, 5) is 23.6. The van der Waals surface area contributed by atoms with E-state index in [0.29, 0.717) is 17.7 Å². The Morgan fingerprint density at radius 1 is 1.26 bits per heavy atom. The van der Waals surface area contributed by atoms with Crippen LogP contribution in [0.1, 0.15) is 37.0 Å². The van der Waals surface area contributed by atoms with E-state index in [-0.39, 0.29) is 17.3 Å². The number of hydrogen-bond donors (Lipinski definition) is 1. The maximum Gasteiger partial charge on any atom is 0.261 e. The van der Waals surface area contributed by atoms with Crippen LogP contribution in [0.15, 0.2) is 41.5 Å². The van der Waals surface area contributed by atoms with Crippen LogP contribution in [-0.2, 0) is 16.8 Å². The van der Waals surface area contributed by atoms with Crippen LogP contribution in [-0.4, -0.2) is 28.8 Å². The number of benzene rings is 1. The number of likely N-dealkylation sites (N-methyl/N-ethyl adjacent to an activating group) is 1. The Hall–Kier alpha value is -3.20. The highest BCUT2D eigenvalue weighted by Gasteiger charge is 2.54. The third-order valence-electron chi connectivity index (χ3n) is 5.45. The lowest BCUT2D eigenvalue weighted by Gasteiger charge is -2.41. The number of hydrogen-bond acceptors (Lipinski definition) is 5. The minimum Gasteiger partial charge on any atom is -0.369 e. The lowest BCUT2D eigenvalue weighted by atomic mass is 9.65.